The van der Waals surface area contributed by atoms with Gasteiger partial charge in [0.05, 0.1) is 6.54 Å². The van der Waals surface area contributed by atoms with E-state index in [9.17, 15) is 4.79 Å². The molecule has 2 atom stereocenters. The number of benzene rings is 1. The van der Waals surface area contributed by atoms with Crippen LogP contribution in [0.15, 0.2) is 46.9 Å². The maximum absolute atomic E-state index is 12.6. The highest BCUT2D eigenvalue weighted by Gasteiger charge is 2.31. The fourth-order valence-corrected chi connectivity index (χ4v) is 3.54. The molecule has 2 heterocycles. The molecule has 1 fully saturated rings. The van der Waals surface area contributed by atoms with Gasteiger partial charge in [0.2, 0.25) is 0 Å². The van der Waals surface area contributed by atoms with Gasteiger partial charge in [0.25, 0.3) is 5.91 Å². The highest BCUT2D eigenvalue weighted by atomic mass is 16.4. The molecule has 1 saturated heterocycles. The molecule has 0 saturated carbocycles. The number of hydrogen-bond acceptors (Lipinski definition) is 4. The van der Waals surface area contributed by atoms with E-state index in [0.29, 0.717) is 24.1 Å². The minimum atomic E-state index is -0.0617. The van der Waals surface area contributed by atoms with Crippen molar-refractivity contribution in [3.8, 4) is 0 Å². The molecule has 25 heavy (non-hydrogen) atoms. The quantitative estimate of drug-likeness (QED) is 0.908. The van der Waals surface area contributed by atoms with Crippen LogP contribution < -0.4 is 5.73 Å². The number of furan rings is 1. The van der Waals surface area contributed by atoms with E-state index in [4.69, 9.17) is 10.2 Å². The second kappa shape index (κ2) is 7.85. The number of carbonyl (C=O) groups is 1. The molecular formula is C20H27N3O2. The molecule has 3 rings (SSSR count). The van der Waals surface area contributed by atoms with Gasteiger partial charge in [0, 0.05) is 32.2 Å². The average molecular weight is 341 g/mol. The van der Waals surface area contributed by atoms with Gasteiger partial charge in [-0.3, -0.25) is 9.69 Å². The third kappa shape index (κ3) is 4.11. The van der Waals surface area contributed by atoms with Crippen molar-refractivity contribution in [1.29, 1.82) is 0 Å². The Labute approximate surface area is 149 Å². The van der Waals surface area contributed by atoms with Gasteiger partial charge < -0.3 is 15.1 Å². The predicted octanol–water partition coefficient (Wildman–Crippen LogP) is 2.86. The Morgan fingerprint density at radius 3 is 2.68 bits per heavy atom. The van der Waals surface area contributed by atoms with Crippen LogP contribution in [0.3, 0.4) is 0 Å². The molecule has 5 nitrogen and oxygen atoms in total. The lowest BCUT2D eigenvalue weighted by atomic mass is 9.96. The van der Waals surface area contributed by atoms with Crippen molar-refractivity contribution in [2.75, 3.05) is 13.6 Å². The zero-order chi connectivity index (χ0) is 17.8. The maximum atomic E-state index is 12.6. The smallest absolute Gasteiger partial charge is 0.289 e. The Morgan fingerprint density at radius 1 is 1.28 bits per heavy atom. The first kappa shape index (κ1) is 17.7. The summed E-state index contributed by atoms with van der Waals surface area (Å²) in [5.74, 6) is 0.957. The van der Waals surface area contributed by atoms with E-state index >= 15 is 0 Å². The van der Waals surface area contributed by atoms with E-state index in [1.54, 1.807) is 12.1 Å². The van der Waals surface area contributed by atoms with Gasteiger partial charge in [-0.15, -0.1) is 0 Å². The molecule has 1 aromatic carbocycles. The topological polar surface area (TPSA) is 62.7 Å². The summed E-state index contributed by atoms with van der Waals surface area (Å²) in [5, 5.41) is 0. The number of likely N-dealkylation sites (tertiary alicyclic amines) is 1. The minimum Gasteiger partial charge on any atom is -0.455 e. The third-order valence-electron chi connectivity index (χ3n) is 5.16. The van der Waals surface area contributed by atoms with E-state index in [-0.39, 0.29) is 11.9 Å². The molecule has 2 N–H and O–H groups in total. The van der Waals surface area contributed by atoms with E-state index in [1.807, 2.05) is 18.0 Å². The van der Waals surface area contributed by atoms with Crippen LogP contribution in [-0.4, -0.2) is 41.4 Å². The minimum absolute atomic E-state index is 0.0617. The fraction of sp³-hybridized carbons (Fsp3) is 0.450. The van der Waals surface area contributed by atoms with Crippen molar-refractivity contribution in [1.82, 2.24) is 9.80 Å². The first-order chi connectivity index (χ1) is 12.1. The van der Waals surface area contributed by atoms with Crippen molar-refractivity contribution < 1.29 is 9.21 Å². The monoisotopic (exact) mass is 341 g/mol. The summed E-state index contributed by atoms with van der Waals surface area (Å²) in [7, 11) is 1.87. The van der Waals surface area contributed by atoms with Crippen LogP contribution in [0.25, 0.3) is 0 Å². The summed E-state index contributed by atoms with van der Waals surface area (Å²) in [6.45, 7) is 4.51. The van der Waals surface area contributed by atoms with Crippen LogP contribution in [0.5, 0.6) is 0 Å². The second-order valence-corrected chi connectivity index (χ2v) is 6.87. The molecule has 2 unspecified atom stereocenters. The molecule has 134 valence electrons. The Bertz CT molecular complexity index is 698. The SMILES string of the molecule is CC1CC(N(C)C(=O)c2ccc(CN)o2)CCN1Cc1ccccc1. The lowest BCUT2D eigenvalue weighted by molar-refractivity contribution is 0.0511. The highest BCUT2D eigenvalue weighted by molar-refractivity contribution is 5.91. The zero-order valence-corrected chi connectivity index (χ0v) is 15.0. The van der Waals surface area contributed by atoms with Gasteiger partial charge in [-0.1, -0.05) is 30.3 Å². The largest absolute Gasteiger partial charge is 0.455 e. The summed E-state index contributed by atoms with van der Waals surface area (Å²) >= 11 is 0. The Kier molecular flexibility index (Phi) is 5.56. The summed E-state index contributed by atoms with van der Waals surface area (Å²) in [5.41, 5.74) is 6.89. The number of piperidine rings is 1. The number of nitrogens with zero attached hydrogens (tertiary/aromatic N) is 2. The number of amides is 1. The zero-order valence-electron chi connectivity index (χ0n) is 15.0. The standard InChI is InChI=1S/C20H27N3O2/c1-15-12-17(10-11-23(15)14-16-6-4-3-5-7-16)22(2)20(24)19-9-8-18(13-21)25-19/h3-9,15,17H,10-14,21H2,1-2H3. The number of nitrogens with two attached hydrogens (primary N) is 1. The van der Waals surface area contributed by atoms with Crippen LogP contribution in [0.2, 0.25) is 0 Å². The molecule has 1 aliphatic rings. The summed E-state index contributed by atoms with van der Waals surface area (Å²) in [6.07, 6.45) is 1.95. The molecule has 0 bridgehead atoms. The van der Waals surface area contributed by atoms with Gasteiger partial charge in [-0.2, -0.15) is 0 Å². The highest BCUT2D eigenvalue weighted by Crippen LogP contribution is 2.24. The van der Waals surface area contributed by atoms with Gasteiger partial charge in [0.1, 0.15) is 5.76 Å². The molecule has 0 spiro atoms. The molecular weight excluding hydrogens is 314 g/mol. The van der Waals surface area contributed by atoms with Gasteiger partial charge in [-0.05, 0) is 37.5 Å². The summed E-state index contributed by atoms with van der Waals surface area (Å²) in [4.78, 5) is 16.9. The van der Waals surface area contributed by atoms with Crippen molar-refractivity contribution in [3.63, 3.8) is 0 Å². The first-order valence-electron chi connectivity index (χ1n) is 8.92. The number of rotatable bonds is 5. The Morgan fingerprint density at radius 2 is 2.04 bits per heavy atom. The summed E-state index contributed by atoms with van der Waals surface area (Å²) in [6, 6.07) is 14.7. The molecule has 1 aliphatic heterocycles. The second-order valence-electron chi connectivity index (χ2n) is 6.87. The first-order valence-corrected chi connectivity index (χ1v) is 8.92. The third-order valence-corrected chi connectivity index (χ3v) is 5.16. The van der Waals surface area contributed by atoms with Crippen molar-refractivity contribution in [2.45, 2.75) is 44.9 Å². The molecule has 2 aromatic rings. The fourth-order valence-electron chi connectivity index (χ4n) is 3.54. The van der Waals surface area contributed by atoms with Crippen molar-refractivity contribution in [3.05, 3.63) is 59.5 Å². The Hall–Kier alpha value is -2.11. The normalized spacial score (nSPS) is 21.2. The van der Waals surface area contributed by atoms with E-state index in [1.165, 1.54) is 5.56 Å². The number of carbonyl (C=O) groups excluding carboxylic acids is 1. The lowest BCUT2D eigenvalue weighted by Crippen LogP contribution is -2.49. The van der Waals surface area contributed by atoms with Crippen LogP contribution in [-0.2, 0) is 13.1 Å². The Balaban J connectivity index is 1.59. The van der Waals surface area contributed by atoms with Crippen LogP contribution >= 0.6 is 0 Å². The van der Waals surface area contributed by atoms with Crippen molar-refractivity contribution >= 4 is 5.91 Å². The van der Waals surface area contributed by atoms with Gasteiger partial charge >= 0.3 is 0 Å². The number of hydrogen-bond donors (Lipinski definition) is 1. The summed E-state index contributed by atoms with van der Waals surface area (Å²) < 4.78 is 5.51. The molecule has 1 aromatic heterocycles. The van der Waals surface area contributed by atoms with E-state index < -0.39 is 0 Å². The van der Waals surface area contributed by atoms with Crippen LogP contribution in [0.1, 0.15) is 41.6 Å². The molecule has 0 radical (unpaired) electrons. The molecule has 1 amide bonds. The maximum Gasteiger partial charge on any atom is 0.289 e. The lowest BCUT2D eigenvalue weighted by Gasteiger charge is -2.41. The molecule has 0 aliphatic carbocycles. The van der Waals surface area contributed by atoms with E-state index in [0.717, 1.165) is 25.9 Å². The average Bonchev–Trinajstić information content (AvgIpc) is 3.12. The molecule has 5 heteroatoms. The van der Waals surface area contributed by atoms with Crippen molar-refractivity contribution in [2.24, 2.45) is 5.73 Å². The van der Waals surface area contributed by atoms with Crippen LogP contribution in [0.4, 0.5) is 0 Å². The predicted molar refractivity (Wildman–Crippen MR) is 98.0 cm³/mol. The van der Waals surface area contributed by atoms with Gasteiger partial charge in [-0.25, -0.2) is 0 Å². The van der Waals surface area contributed by atoms with Gasteiger partial charge in [0.15, 0.2) is 5.76 Å². The van der Waals surface area contributed by atoms with Crippen LogP contribution in [0, 0.1) is 0 Å². The van der Waals surface area contributed by atoms with E-state index in [2.05, 4.69) is 36.1 Å².